The fraction of sp³-hybridized carbons (Fsp3) is 0.875. The van der Waals surface area contributed by atoms with E-state index >= 15 is 0 Å². The molecule has 124 valence electrons. The summed E-state index contributed by atoms with van der Waals surface area (Å²) in [6, 6.07) is 0. The highest BCUT2D eigenvalue weighted by atomic mass is 16.5. The molecule has 0 spiro atoms. The lowest BCUT2D eigenvalue weighted by Crippen LogP contribution is -2.40. The normalized spacial score (nSPS) is 22.2. The lowest BCUT2D eigenvalue weighted by atomic mass is 9.79. The van der Waals surface area contributed by atoms with Gasteiger partial charge in [-0.1, -0.05) is 4.99 Å². The van der Waals surface area contributed by atoms with Crippen LogP contribution in [-0.4, -0.2) is 68.4 Å². The van der Waals surface area contributed by atoms with Crippen LogP contribution in [0.5, 0.6) is 0 Å². The fourth-order valence-corrected chi connectivity index (χ4v) is 3.67. The third kappa shape index (κ3) is 5.52. The van der Waals surface area contributed by atoms with Crippen molar-refractivity contribution in [3.63, 3.8) is 0 Å². The maximum Gasteiger partial charge on any atom is 0.444 e. The molecular weight excluding hydrogens is 282 g/mol. The molecule has 2 heterocycles. The predicted octanol–water partition coefficient (Wildman–Crippen LogP) is 1.90. The Balaban J connectivity index is 1.57. The number of isocyanates is 1. The lowest BCUT2D eigenvalue weighted by Gasteiger charge is -2.39. The molecule has 0 aromatic carbocycles. The molecule has 2 saturated heterocycles. The van der Waals surface area contributed by atoms with Crippen molar-refractivity contribution in [2.45, 2.75) is 32.1 Å². The van der Waals surface area contributed by atoms with Crippen molar-refractivity contribution in [1.82, 2.24) is 9.80 Å². The highest BCUT2D eigenvalue weighted by Gasteiger charge is 2.28. The van der Waals surface area contributed by atoms with Gasteiger partial charge in [-0.15, -0.1) is 0 Å². The maximum atomic E-state index is 10.9. The standard InChI is InChI=1S/C16H27N3O3/c1-18-8-3-14(4-9-18)15-5-10-19(11-6-15)7-2-12-22-16(21)17-13-20/h14-15H,2-12H2,1H3. The summed E-state index contributed by atoms with van der Waals surface area (Å²) < 4.78 is 4.80. The molecule has 0 atom stereocenters. The largest absolute Gasteiger partial charge is 0.447 e. The van der Waals surface area contributed by atoms with E-state index in [1.165, 1.54) is 44.9 Å². The molecule has 0 aromatic rings. The van der Waals surface area contributed by atoms with Gasteiger partial charge in [0.2, 0.25) is 6.08 Å². The van der Waals surface area contributed by atoms with E-state index in [4.69, 9.17) is 4.74 Å². The topological polar surface area (TPSA) is 62.2 Å². The van der Waals surface area contributed by atoms with Gasteiger partial charge in [-0.05, 0) is 77.2 Å². The van der Waals surface area contributed by atoms with Gasteiger partial charge in [0, 0.05) is 6.54 Å². The van der Waals surface area contributed by atoms with E-state index < -0.39 is 6.09 Å². The van der Waals surface area contributed by atoms with Gasteiger partial charge in [0.05, 0.1) is 6.61 Å². The van der Waals surface area contributed by atoms with Crippen LogP contribution in [-0.2, 0) is 9.53 Å². The Bertz CT molecular complexity index is 393. The van der Waals surface area contributed by atoms with E-state index in [1.54, 1.807) is 0 Å². The van der Waals surface area contributed by atoms with Crippen LogP contribution in [0.1, 0.15) is 32.1 Å². The Morgan fingerprint density at radius 1 is 1.14 bits per heavy atom. The number of hydrogen-bond acceptors (Lipinski definition) is 5. The van der Waals surface area contributed by atoms with Crippen molar-refractivity contribution in [1.29, 1.82) is 0 Å². The third-order valence-corrected chi connectivity index (χ3v) is 5.04. The van der Waals surface area contributed by atoms with Gasteiger partial charge < -0.3 is 14.5 Å². The second kappa shape index (κ2) is 9.03. The Hall–Kier alpha value is -1.23. The molecule has 0 bridgehead atoms. The molecular formula is C16H27N3O3. The minimum atomic E-state index is -0.837. The fourth-order valence-electron chi connectivity index (χ4n) is 3.67. The summed E-state index contributed by atoms with van der Waals surface area (Å²) in [5.41, 5.74) is 0. The van der Waals surface area contributed by atoms with Crippen molar-refractivity contribution in [2.75, 3.05) is 46.4 Å². The van der Waals surface area contributed by atoms with Crippen LogP contribution < -0.4 is 0 Å². The monoisotopic (exact) mass is 309 g/mol. The molecule has 2 fully saturated rings. The lowest BCUT2D eigenvalue weighted by molar-refractivity contribution is 0.0987. The van der Waals surface area contributed by atoms with Crippen LogP contribution in [0.15, 0.2) is 4.99 Å². The Morgan fingerprint density at radius 3 is 2.32 bits per heavy atom. The number of piperidine rings is 2. The van der Waals surface area contributed by atoms with Crippen LogP contribution in [0.3, 0.4) is 0 Å². The molecule has 1 amide bonds. The number of amides is 1. The van der Waals surface area contributed by atoms with E-state index in [9.17, 15) is 9.59 Å². The molecule has 22 heavy (non-hydrogen) atoms. The zero-order valence-electron chi connectivity index (χ0n) is 13.5. The van der Waals surface area contributed by atoms with Gasteiger partial charge in [-0.3, -0.25) is 0 Å². The smallest absolute Gasteiger partial charge is 0.444 e. The Labute approximate surface area is 132 Å². The first-order chi connectivity index (χ1) is 10.7. The number of hydrogen-bond donors (Lipinski definition) is 0. The minimum absolute atomic E-state index is 0.318. The summed E-state index contributed by atoms with van der Waals surface area (Å²) in [6.45, 7) is 6.06. The van der Waals surface area contributed by atoms with Crippen LogP contribution in [0.25, 0.3) is 0 Å². The summed E-state index contributed by atoms with van der Waals surface area (Å²) in [7, 11) is 2.21. The van der Waals surface area contributed by atoms with Crippen LogP contribution in [0, 0.1) is 11.8 Å². The first kappa shape index (κ1) is 17.1. The minimum Gasteiger partial charge on any atom is -0.447 e. The van der Waals surface area contributed by atoms with Crippen LogP contribution >= 0.6 is 0 Å². The van der Waals surface area contributed by atoms with Gasteiger partial charge in [0.15, 0.2) is 0 Å². The molecule has 6 heteroatoms. The highest BCUT2D eigenvalue weighted by Crippen LogP contribution is 2.32. The number of nitrogens with zero attached hydrogens (tertiary/aromatic N) is 3. The maximum absolute atomic E-state index is 10.9. The summed E-state index contributed by atoms with van der Waals surface area (Å²) in [4.78, 5) is 28.5. The Morgan fingerprint density at radius 2 is 1.73 bits per heavy atom. The molecule has 2 aliphatic rings. The van der Waals surface area contributed by atoms with E-state index in [0.29, 0.717) is 6.61 Å². The van der Waals surface area contributed by atoms with Gasteiger partial charge >= 0.3 is 6.09 Å². The first-order valence-corrected chi connectivity index (χ1v) is 8.34. The van der Waals surface area contributed by atoms with Crippen LogP contribution in [0.2, 0.25) is 0 Å². The average molecular weight is 309 g/mol. The van der Waals surface area contributed by atoms with E-state index in [1.807, 2.05) is 0 Å². The SMILES string of the molecule is CN1CCC(C2CCN(CCCOC(=O)N=C=O)CC2)CC1. The third-order valence-electron chi connectivity index (χ3n) is 5.04. The Kier molecular flexibility index (Phi) is 7.03. The number of aliphatic imine (C=N–C) groups is 1. The number of rotatable bonds is 5. The molecule has 0 unspecified atom stereocenters. The number of carbonyl (C=O) groups is 1. The van der Waals surface area contributed by atoms with Gasteiger partial charge in [0.1, 0.15) is 0 Å². The van der Waals surface area contributed by atoms with Gasteiger partial charge in [0.25, 0.3) is 0 Å². The summed E-state index contributed by atoms with van der Waals surface area (Å²) in [5, 5.41) is 0. The quantitative estimate of drug-likeness (QED) is 0.441. The van der Waals surface area contributed by atoms with Crippen molar-refractivity contribution >= 4 is 12.2 Å². The molecule has 0 aromatic heterocycles. The molecule has 6 nitrogen and oxygen atoms in total. The predicted molar refractivity (Wildman–Crippen MR) is 83.5 cm³/mol. The molecule has 2 rings (SSSR count). The summed E-state index contributed by atoms with van der Waals surface area (Å²) in [5.74, 6) is 1.81. The highest BCUT2D eigenvalue weighted by molar-refractivity contribution is 5.74. The van der Waals surface area contributed by atoms with Crippen molar-refractivity contribution < 1.29 is 14.3 Å². The van der Waals surface area contributed by atoms with Crippen molar-refractivity contribution in [3.8, 4) is 0 Å². The first-order valence-electron chi connectivity index (χ1n) is 8.34. The van der Waals surface area contributed by atoms with Gasteiger partial charge in [-0.25, -0.2) is 9.59 Å². The molecule has 0 saturated carbocycles. The number of carbonyl (C=O) groups excluding carboxylic acids is 2. The van der Waals surface area contributed by atoms with E-state index in [-0.39, 0.29) is 0 Å². The number of likely N-dealkylation sites (tertiary alicyclic amines) is 2. The summed E-state index contributed by atoms with van der Waals surface area (Å²) >= 11 is 0. The second-order valence-electron chi connectivity index (χ2n) is 6.49. The summed E-state index contributed by atoms with van der Waals surface area (Å²) in [6.07, 6.45) is 6.44. The molecule has 0 aliphatic carbocycles. The van der Waals surface area contributed by atoms with E-state index in [2.05, 4.69) is 21.8 Å². The van der Waals surface area contributed by atoms with Gasteiger partial charge in [-0.2, -0.15) is 0 Å². The molecule has 2 aliphatic heterocycles. The number of ether oxygens (including phenoxy) is 1. The molecule has 0 N–H and O–H groups in total. The zero-order chi connectivity index (χ0) is 15.8. The van der Waals surface area contributed by atoms with Crippen LogP contribution in [0.4, 0.5) is 4.79 Å². The zero-order valence-corrected chi connectivity index (χ0v) is 13.5. The average Bonchev–Trinajstić information content (AvgIpc) is 2.53. The molecule has 0 radical (unpaired) electrons. The van der Waals surface area contributed by atoms with Crippen molar-refractivity contribution in [2.24, 2.45) is 16.8 Å². The van der Waals surface area contributed by atoms with Crippen molar-refractivity contribution in [3.05, 3.63) is 0 Å². The van der Waals surface area contributed by atoms with E-state index in [0.717, 1.165) is 37.9 Å². The second-order valence-corrected chi connectivity index (χ2v) is 6.49.